The number of rotatable bonds is 18. The van der Waals surface area contributed by atoms with Crippen LogP contribution in [0.15, 0.2) is 72.8 Å². The molecule has 3 aromatic rings. The second-order valence-corrected chi connectivity index (χ2v) is 9.99. The number of benzene rings is 3. The molecular formula is C33H39NO7. The van der Waals surface area contributed by atoms with Gasteiger partial charge in [0, 0.05) is 13.2 Å². The quantitative estimate of drug-likeness (QED) is 0.178. The normalized spacial score (nSPS) is 12.8. The summed E-state index contributed by atoms with van der Waals surface area (Å²) >= 11 is 0. The average molecular weight is 562 g/mol. The minimum absolute atomic E-state index is 0.113. The van der Waals surface area contributed by atoms with Gasteiger partial charge in [-0.05, 0) is 60.9 Å². The summed E-state index contributed by atoms with van der Waals surface area (Å²) in [5.74, 6) is -3.42. The Balaban J connectivity index is 1.45. The molecule has 0 heterocycles. The Labute approximate surface area is 241 Å². The van der Waals surface area contributed by atoms with E-state index < -0.39 is 36.7 Å². The highest BCUT2D eigenvalue weighted by Gasteiger charge is 2.36. The summed E-state index contributed by atoms with van der Waals surface area (Å²) in [6, 6.07) is 22.8. The largest absolute Gasteiger partial charge is 0.480 e. The monoisotopic (exact) mass is 561 g/mol. The van der Waals surface area contributed by atoms with Crippen LogP contribution in [0.5, 0.6) is 0 Å². The van der Waals surface area contributed by atoms with E-state index in [9.17, 15) is 19.5 Å². The molecule has 3 N–H and O–H groups in total. The van der Waals surface area contributed by atoms with Crippen LogP contribution in [0.1, 0.15) is 48.8 Å². The lowest BCUT2D eigenvalue weighted by atomic mass is 10.0. The maximum absolute atomic E-state index is 12.9. The van der Waals surface area contributed by atoms with Crippen molar-refractivity contribution in [2.75, 3.05) is 19.8 Å². The Morgan fingerprint density at radius 2 is 1.61 bits per heavy atom. The standard InChI is InChI=1S/C33H39NO7/c1-24-14-16-25(17-15-24)10-5-3-9-21-40-30(31(33(38)39)41-23-29(35)36)32(37)34-20-8-2-4-11-26-18-19-27-12-6-7-13-28(27)22-26/h5-7,10,12-19,22,30-31H,2-4,8-9,11,20-21,23H2,1H3,(H,34,37)(H,35,36)(H,38,39)/b10-5+. The van der Waals surface area contributed by atoms with Gasteiger partial charge < -0.3 is 25.0 Å². The summed E-state index contributed by atoms with van der Waals surface area (Å²) < 4.78 is 10.7. The lowest BCUT2D eigenvalue weighted by molar-refractivity contribution is -0.172. The third-order valence-corrected chi connectivity index (χ3v) is 6.62. The first-order chi connectivity index (χ1) is 19.8. The molecule has 0 aliphatic heterocycles. The van der Waals surface area contributed by atoms with Gasteiger partial charge in [0.05, 0.1) is 0 Å². The fraction of sp³-hybridized carbons (Fsp3) is 0.364. The number of hydrogen-bond donors (Lipinski definition) is 3. The molecule has 218 valence electrons. The number of hydrogen-bond acceptors (Lipinski definition) is 5. The molecule has 3 rings (SSSR count). The zero-order chi connectivity index (χ0) is 29.5. The fourth-order valence-electron chi connectivity index (χ4n) is 4.40. The molecule has 2 unspecified atom stereocenters. The smallest absolute Gasteiger partial charge is 0.336 e. The predicted octanol–water partition coefficient (Wildman–Crippen LogP) is 5.41. The number of ether oxygens (including phenoxy) is 2. The molecular weight excluding hydrogens is 522 g/mol. The second-order valence-electron chi connectivity index (χ2n) is 9.99. The van der Waals surface area contributed by atoms with Gasteiger partial charge in [0.2, 0.25) is 0 Å². The molecule has 3 aromatic carbocycles. The van der Waals surface area contributed by atoms with E-state index in [2.05, 4.69) is 35.6 Å². The number of carboxylic acids is 2. The number of amides is 1. The van der Waals surface area contributed by atoms with E-state index in [0.717, 1.165) is 24.8 Å². The number of nitrogens with one attached hydrogen (secondary N) is 1. The Kier molecular flexibility index (Phi) is 13.0. The van der Waals surface area contributed by atoms with Crippen molar-refractivity contribution in [1.29, 1.82) is 0 Å². The highest BCUT2D eigenvalue weighted by Crippen LogP contribution is 2.17. The lowest BCUT2D eigenvalue weighted by Crippen LogP contribution is -2.49. The number of carboxylic acid groups (broad SMARTS) is 2. The summed E-state index contributed by atoms with van der Waals surface area (Å²) in [6.07, 6.45) is 5.44. The molecule has 8 nitrogen and oxygen atoms in total. The van der Waals surface area contributed by atoms with Gasteiger partial charge in [0.1, 0.15) is 6.61 Å². The molecule has 0 fully saturated rings. The van der Waals surface area contributed by atoms with Crippen molar-refractivity contribution in [3.63, 3.8) is 0 Å². The third-order valence-electron chi connectivity index (χ3n) is 6.62. The predicted molar refractivity (Wildman–Crippen MR) is 159 cm³/mol. The van der Waals surface area contributed by atoms with Crippen LogP contribution in [-0.2, 0) is 30.3 Å². The summed E-state index contributed by atoms with van der Waals surface area (Å²) in [5, 5.41) is 23.7. The Bertz CT molecular complexity index is 1300. The van der Waals surface area contributed by atoms with E-state index in [1.165, 1.54) is 21.9 Å². The molecule has 0 aromatic heterocycles. The number of aryl methyl sites for hydroxylation is 2. The lowest BCUT2D eigenvalue weighted by Gasteiger charge is -2.23. The van der Waals surface area contributed by atoms with Crippen molar-refractivity contribution in [3.8, 4) is 0 Å². The second kappa shape index (κ2) is 16.9. The van der Waals surface area contributed by atoms with Gasteiger partial charge >= 0.3 is 11.9 Å². The van der Waals surface area contributed by atoms with Crippen LogP contribution >= 0.6 is 0 Å². The number of fused-ring (bicyclic) bond motifs is 1. The maximum Gasteiger partial charge on any atom is 0.336 e. The number of unbranched alkanes of at least 4 members (excludes halogenated alkanes) is 3. The Hall–Kier alpha value is -4.01. The van der Waals surface area contributed by atoms with Crippen LogP contribution in [-0.4, -0.2) is 60.0 Å². The van der Waals surface area contributed by atoms with Crippen molar-refractivity contribution < 1.29 is 34.1 Å². The van der Waals surface area contributed by atoms with E-state index in [4.69, 9.17) is 14.6 Å². The van der Waals surface area contributed by atoms with Crippen LogP contribution in [0.2, 0.25) is 0 Å². The van der Waals surface area contributed by atoms with Crippen LogP contribution < -0.4 is 5.32 Å². The van der Waals surface area contributed by atoms with Crippen molar-refractivity contribution in [2.24, 2.45) is 0 Å². The summed E-state index contributed by atoms with van der Waals surface area (Å²) in [7, 11) is 0. The maximum atomic E-state index is 12.9. The van der Waals surface area contributed by atoms with Gasteiger partial charge in [-0.2, -0.15) is 0 Å². The minimum atomic E-state index is -1.73. The SMILES string of the molecule is Cc1ccc(/C=C/CCCOC(C(=O)NCCCCCc2ccc3ccccc3c2)C(OCC(=O)O)C(=O)O)cc1. The van der Waals surface area contributed by atoms with E-state index in [1.807, 2.05) is 55.5 Å². The molecule has 0 bridgehead atoms. The molecule has 2 atom stereocenters. The molecule has 0 aliphatic carbocycles. The summed E-state index contributed by atoms with van der Waals surface area (Å²) in [4.78, 5) is 35.7. The highest BCUT2D eigenvalue weighted by atomic mass is 16.6. The number of carbonyl (C=O) groups is 3. The molecule has 8 heteroatoms. The average Bonchev–Trinajstić information content (AvgIpc) is 2.96. The zero-order valence-electron chi connectivity index (χ0n) is 23.5. The van der Waals surface area contributed by atoms with Gasteiger partial charge in [-0.15, -0.1) is 0 Å². The molecule has 0 saturated heterocycles. The third kappa shape index (κ3) is 11.2. The van der Waals surface area contributed by atoms with Gasteiger partial charge in [-0.25, -0.2) is 9.59 Å². The van der Waals surface area contributed by atoms with Crippen LogP contribution in [0.3, 0.4) is 0 Å². The molecule has 0 aliphatic rings. The Morgan fingerprint density at radius 1 is 0.854 bits per heavy atom. The number of allylic oxidation sites excluding steroid dienone is 1. The van der Waals surface area contributed by atoms with Gasteiger partial charge in [-0.3, -0.25) is 4.79 Å². The summed E-state index contributed by atoms with van der Waals surface area (Å²) in [6.45, 7) is 1.64. The minimum Gasteiger partial charge on any atom is -0.480 e. The molecule has 0 radical (unpaired) electrons. The van der Waals surface area contributed by atoms with Crippen molar-refractivity contribution >= 4 is 34.7 Å². The van der Waals surface area contributed by atoms with Crippen LogP contribution in [0, 0.1) is 6.92 Å². The topological polar surface area (TPSA) is 122 Å². The number of aliphatic carboxylic acids is 2. The van der Waals surface area contributed by atoms with Crippen molar-refractivity contribution in [1.82, 2.24) is 5.32 Å². The first kappa shape index (κ1) is 31.5. The van der Waals surface area contributed by atoms with E-state index in [-0.39, 0.29) is 6.61 Å². The summed E-state index contributed by atoms with van der Waals surface area (Å²) in [5.41, 5.74) is 3.51. The molecule has 41 heavy (non-hydrogen) atoms. The Morgan fingerprint density at radius 3 is 2.34 bits per heavy atom. The number of carbonyl (C=O) groups excluding carboxylic acids is 1. The first-order valence-corrected chi connectivity index (χ1v) is 14.0. The van der Waals surface area contributed by atoms with E-state index >= 15 is 0 Å². The van der Waals surface area contributed by atoms with Crippen LogP contribution in [0.25, 0.3) is 16.8 Å². The fourth-order valence-corrected chi connectivity index (χ4v) is 4.40. The van der Waals surface area contributed by atoms with Crippen molar-refractivity contribution in [2.45, 2.75) is 57.7 Å². The van der Waals surface area contributed by atoms with Crippen molar-refractivity contribution in [3.05, 3.63) is 89.5 Å². The highest BCUT2D eigenvalue weighted by molar-refractivity contribution is 5.88. The van der Waals surface area contributed by atoms with Gasteiger partial charge in [0.25, 0.3) is 5.91 Å². The van der Waals surface area contributed by atoms with Gasteiger partial charge in [-0.1, -0.05) is 90.9 Å². The molecule has 1 amide bonds. The van der Waals surface area contributed by atoms with E-state index in [0.29, 0.717) is 25.8 Å². The molecule has 0 spiro atoms. The van der Waals surface area contributed by atoms with E-state index in [1.54, 1.807) is 0 Å². The van der Waals surface area contributed by atoms with Crippen LogP contribution in [0.4, 0.5) is 0 Å². The van der Waals surface area contributed by atoms with Gasteiger partial charge in [0.15, 0.2) is 12.2 Å². The zero-order valence-corrected chi connectivity index (χ0v) is 23.5. The molecule has 0 saturated carbocycles. The first-order valence-electron chi connectivity index (χ1n) is 14.0.